The molecule has 0 aliphatic heterocycles. The topological polar surface area (TPSA) is 110 Å². The van der Waals surface area contributed by atoms with Gasteiger partial charge in [-0.25, -0.2) is 0 Å². The highest BCUT2D eigenvalue weighted by molar-refractivity contribution is 5.80. The zero-order valence-corrected chi connectivity index (χ0v) is 31.0. The van der Waals surface area contributed by atoms with Crippen molar-refractivity contribution in [2.45, 2.75) is 224 Å². The van der Waals surface area contributed by atoms with E-state index in [0.717, 1.165) is 38.5 Å². The Labute approximate surface area is 291 Å². The van der Waals surface area contributed by atoms with Gasteiger partial charge in [0.05, 0.1) is 18.8 Å². The molecular formula is C41H79NO5. The lowest BCUT2D eigenvalue weighted by atomic mass is 10.00. The fraction of sp³-hybridized carbons (Fsp3) is 0.878. The summed E-state index contributed by atoms with van der Waals surface area (Å²) in [6.45, 7) is 3.98. The molecule has 0 bridgehead atoms. The third kappa shape index (κ3) is 30.6. The van der Waals surface area contributed by atoms with E-state index in [4.69, 9.17) is 0 Å². The highest BCUT2D eigenvalue weighted by Gasteiger charge is 2.28. The van der Waals surface area contributed by atoms with Gasteiger partial charge in [-0.2, -0.15) is 0 Å². The lowest BCUT2D eigenvalue weighted by Gasteiger charge is -2.27. The van der Waals surface area contributed by atoms with Crippen LogP contribution in [0.15, 0.2) is 24.3 Å². The normalized spacial score (nSPS) is 14.6. The van der Waals surface area contributed by atoms with Gasteiger partial charge in [-0.1, -0.05) is 160 Å². The van der Waals surface area contributed by atoms with E-state index >= 15 is 0 Å². The fourth-order valence-electron chi connectivity index (χ4n) is 6.10. The molecule has 0 aromatic rings. The summed E-state index contributed by atoms with van der Waals surface area (Å²) in [5.41, 5.74) is 0. The van der Waals surface area contributed by atoms with Gasteiger partial charge in [0.25, 0.3) is 0 Å². The van der Waals surface area contributed by atoms with E-state index < -0.39 is 36.9 Å². The first-order chi connectivity index (χ1) is 23.0. The van der Waals surface area contributed by atoms with Crippen molar-refractivity contribution >= 4 is 5.91 Å². The van der Waals surface area contributed by atoms with Crippen LogP contribution in [-0.2, 0) is 4.79 Å². The molecule has 278 valence electrons. The summed E-state index contributed by atoms with van der Waals surface area (Å²) >= 11 is 0. The monoisotopic (exact) mass is 666 g/mol. The van der Waals surface area contributed by atoms with Crippen LogP contribution in [0.1, 0.15) is 200 Å². The molecule has 0 aromatic carbocycles. The van der Waals surface area contributed by atoms with Gasteiger partial charge in [-0.3, -0.25) is 4.79 Å². The van der Waals surface area contributed by atoms with Crippen molar-refractivity contribution in [3.8, 4) is 0 Å². The number of hydrogen-bond donors (Lipinski definition) is 5. The summed E-state index contributed by atoms with van der Waals surface area (Å²) in [6, 6.07) is -1.00. The number of amides is 1. The molecule has 0 fully saturated rings. The van der Waals surface area contributed by atoms with Crippen molar-refractivity contribution in [2.75, 3.05) is 6.61 Å². The van der Waals surface area contributed by atoms with E-state index in [2.05, 4.69) is 43.5 Å². The minimum absolute atomic E-state index is 0.356. The minimum atomic E-state index is -1.28. The Kier molecular flexibility index (Phi) is 35.2. The summed E-state index contributed by atoms with van der Waals surface area (Å²) in [6.07, 6.45) is 39.4. The Hall–Kier alpha value is -1.21. The number of hydrogen-bond acceptors (Lipinski definition) is 5. The van der Waals surface area contributed by atoms with E-state index in [1.54, 1.807) is 0 Å². The Bertz CT molecular complexity index is 712. The SMILES string of the molecule is CCCCCC/C=C/CCCC(O)C(O)C(CO)NC(=O)C(O)CCCCCCCC/C=C\CCCCCCCCCCCCCC. The molecule has 0 aromatic heterocycles. The maximum Gasteiger partial charge on any atom is 0.249 e. The van der Waals surface area contributed by atoms with Crippen LogP contribution >= 0.6 is 0 Å². The number of rotatable bonds is 36. The standard InChI is InChI=1S/C41H79NO5/c1-3-5-7-9-11-13-14-15-16-17-18-19-20-21-22-23-24-25-27-29-31-33-35-39(45)41(47)42-37(36-43)40(46)38(44)34-32-30-28-26-12-10-8-6-4-2/h21-22,26,28,37-40,43-46H,3-20,23-25,27,29-36H2,1-2H3,(H,42,47)/b22-21-,28-26+. The maximum atomic E-state index is 12.4. The van der Waals surface area contributed by atoms with Crippen LogP contribution in [0, 0.1) is 0 Å². The van der Waals surface area contributed by atoms with Gasteiger partial charge in [-0.05, 0) is 64.2 Å². The van der Waals surface area contributed by atoms with Crippen molar-refractivity contribution in [2.24, 2.45) is 0 Å². The Balaban J connectivity index is 3.73. The van der Waals surface area contributed by atoms with Crippen LogP contribution in [0.5, 0.6) is 0 Å². The number of carbonyl (C=O) groups is 1. The number of carbonyl (C=O) groups excluding carboxylic acids is 1. The molecule has 6 heteroatoms. The van der Waals surface area contributed by atoms with Gasteiger partial charge in [0.1, 0.15) is 12.2 Å². The Morgan fingerprint density at radius 3 is 1.30 bits per heavy atom. The summed E-state index contributed by atoms with van der Waals surface area (Å²) in [5.74, 6) is -0.600. The van der Waals surface area contributed by atoms with Crippen molar-refractivity contribution in [3.05, 3.63) is 24.3 Å². The third-order valence-corrected chi connectivity index (χ3v) is 9.38. The molecule has 0 spiro atoms. The largest absolute Gasteiger partial charge is 0.394 e. The summed E-state index contributed by atoms with van der Waals surface area (Å²) in [7, 11) is 0. The number of unbranched alkanes of at least 4 members (excludes halogenated alkanes) is 23. The molecule has 6 nitrogen and oxygen atoms in total. The van der Waals surface area contributed by atoms with Gasteiger partial charge in [0.15, 0.2) is 0 Å². The van der Waals surface area contributed by atoms with E-state index in [0.29, 0.717) is 19.3 Å². The molecule has 4 unspecified atom stereocenters. The highest BCUT2D eigenvalue weighted by atomic mass is 16.3. The first kappa shape index (κ1) is 45.8. The lowest BCUT2D eigenvalue weighted by Crippen LogP contribution is -2.53. The van der Waals surface area contributed by atoms with E-state index in [1.807, 2.05) is 0 Å². The number of allylic oxidation sites excluding steroid dienone is 4. The molecular weight excluding hydrogens is 586 g/mol. The predicted octanol–water partition coefficient (Wildman–Crippen LogP) is 10.0. The average molecular weight is 666 g/mol. The Morgan fingerprint density at radius 2 is 0.872 bits per heavy atom. The van der Waals surface area contributed by atoms with Crippen LogP contribution in [0.2, 0.25) is 0 Å². The molecule has 0 heterocycles. The summed E-state index contributed by atoms with van der Waals surface area (Å²) < 4.78 is 0. The second kappa shape index (κ2) is 36.1. The van der Waals surface area contributed by atoms with Crippen molar-refractivity contribution in [1.29, 1.82) is 0 Å². The van der Waals surface area contributed by atoms with E-state index in [1.165, 1.54) is 128 Å². The third-order valence-electron chi connectivity index (χ3n) is 9.38. The molecule has 0 saturated heterocycles. The maximum absolute atomic E-state index is 12.4. The van der Waals surface area contributed by atoms with Crippen LogP contribution in [0.3, 0.4) is 0 Å². The van der Waals surface area contributed by atoms with Crippen LogP contribution in [-0.4, -0.2) is 57.3 Å². The highest BCUT2D eigenvalue weighted by Crippen LogP contribution is 2.15. The Morgan fingerprint density at radius 1 is 0.511 bits per heavy atom. The van der Waals surface area contributed by atoms with Crippen molar-refractivity contribution in [3.63, 3.8) is 0 Å². The van der Waals surface area contributed by atoms with E-state index in [9.17, 15) is 25.2 Å². The predicted molar refractivity (Wildman–Crippen MR) is 201 cm³/mol. The zero-order chi connectivity index (χ0) is 34.6. The van der Waals surface area contributed by atoms with Gasteiger partial charge >= 0.3 is 0 Å². The summed E-state index contributed by atoms with van der Waals surface area (Å²) in [5, 5.41) is 43.3. The van der Waals surface area contributed by atoms with Crippen LogP contribution in [0.4, 0.5) is 0 Å². The lowest BCUT2D eigenvalue weighted by molar-refractivity contribution is -0.132. The second-order valence-corrected chi connectivity index (χ2v) is 14.0. The molecule has 0 aliphatic rings. The first-order valence-corrected chi connectivity index (χ1v) is 20.2. The quantitative estimate of drug-likeness (QED) is 0.0338. The van der Waals surface area contributed by atoms with Gasteiger partial charge in [0.2, 0.25) is 5.91 Å². The average Bonchev–Trinajstić information content (AvgIpc) is 3.07. The molecule has 0 saturated carbocycles. The number of aliphatic hydroxyl groups excluding tert-OH is 4. The van der Waals surface area contributed by atoms with Crippen LogP contribution in [0.25, 0.3) is 0 Å². The molecule has 0 rings (SSSR count). The van der Waals surface area contributed by atoms with Gasteiger partial charge < -0.3 is 25.7 Å². The van der Waals surface area contributed by atoms with Crippen molar-refractivity contribution < 1.29 is 25.2 Å². The first-order valence-electron chi connectivity index (χ1n) is 20.2. The van der Waals surface area contributed by atoms with Gasteiger partial charge in [-0.15, -0.1) is 0 Å². The summed E-state index contributed by atoms with van der Waals surface area (Å²) in [4.78, 5) is 12.4. The zero-order valence-electron chi connectivity index (χ0n) is 31.0. The van der Waals surface area contributed by atoms with Crippen LogP contribution < -0.4 is 5.32 Å². The molecule has 0 aliphatic carbocycles. The number of aliphatic hydroxyl groups is 4. The number of nitrogens with one attached hydrogen (secondary N) is 1. The second-order valence-electron chi connectivity index (χ2n) is 14.0. The minimum Gasteiger partial charge on any atom is -0.394 e. The molecule has 4 atom stereocenters. The fourth-order valence-corrected chi connectivity index (χ4v) is 6.10. The van der Waals surface area contributed by atoms with E-state index in [-0.39, 0.29) is 0 Å². The van der Waals surface area contributed by atoms with Crippen molar-refractivity contribution in [1.82, 2.24) is 5.32 Å². The molecule has 47 heavy (non-hydrogen) atoms. The molecule has 1 amide bonds. The molecule has 5 N–H and O–H groups in total. The molecule has 0 radical (unpaired) electrons. The smallest absolute Gasteiger partial charge is 0.249 e. The van der Waals surface area contributed by atoms with Gasteiger partial charge in [0, 0.05) is 0 Å².